The van der Waals surface area contributed by atoms with Crippen LogP contribution < -0.4 is 13.8 Å². The predicted molar refractivity (Wildman–Crippen MR) is 118 cm³/mol. The smallest absolute Gasteiger partial charge is 0.246 e. The van der Waals surface area contributed by atoms with Crippen LogP contribution in [-0.2, 0) is 21.4 Å². The molecule has 0 radical (unpaired) electrons. The third-order valence-electron chi connectivity index (χ3n) is 4.67. The molecule has 2 aromatic carbocycles. The number of methoxy groups -OCH3 is 1. The van der Waals surface area contributed by atoms with E-state index in [1.54, 1.807) is 50.2 Å². The highest BCUT2D eigenvalue weighted by Gasteiger charge is 2.33. The van der Waals surface area contributed by atoms with Crippen LogP contribution in [0.5, 0.6) is 11.5 Å². The highest BCUT2D eigenvalue weighted by atomic mass is 32.2. The van der Waals surface area contributed by atoms with E-state index in [4.69, 9.17) is 9.47 Å². The summed E-state index contributed by atoms with van der Waals surface area (Å²) in [7, 11) is -0.417. The third-order valence-corrected chi connectivity index (χ3v) is 5.85. The second-order valence-corrected chi connectivity index (χ2v) is 8.81. The van der Waals surface area contributed by atoms with E-state index in [1.165, 1.54) is 4.31 Å². The summed E-state index contributed by atoms with van der Waals surface area (Å²) in [6.07, 6.45) is 1.45. The van der Waals surface area contributed by atoms with Gasteiger partial charge in [0.15, 0.2) is 0 Å². The van der Waals surface area contributed by atoms with Crippen LogP contribution in [0.2, 0.25) is 0 Å². The van der Waals surface area contributed by atoms with Gasteiger partial charge < -0.3 is 14.4 Å². The van der Waals surface area contributed by atoms with E-state index in [9.17, 15) is 13.2 Å². The lowest BCUT2D eigenvalue weighted by atomic mass is 10.1. The molecule has 0 aliphatic heterocycles. The molecule has 0 N–H and O–H groups in total. The first kappa shape index (κ1) is 23.5. The summed E-state index contributed by atoms with van der Waals surface area (Å²) in [5.41, 5.74) is 1.35. The van der Waals surface area contributed by atoms with E-state index in [1.807, 2.05) is 31.2 Å². The van der Waals surface area contributed by atoms with Crippen molar-refractivity contribution < 1.29 is 22.7 Å². The first-order chi connectivity index (χ1) is 14.2. The van der Waals surface area contributed by atoms with Crippen molar-refractivity contribution in [1.82, 2.24) is 4.90 Å². The fourth-order valence-corrected chi connectivity index (χ4v) is 4.44. The van der Waals surface area contributed by atoms with Crippen LogP contribution in [0.1, 0.15) is 25.8 Å². The van der Waals surface area contributed by atoms with Gasteiger partial charge in [0.2, 0.25) is 15.9 Å². The molecule has 0 saturated heterocycles. The van der Waals surface area contributed by atoms with Crippen molar-refractivity contribution in [3.05, 3.63) is 54.1 Å². The molecule has 0 heterocycles. The molecule has 0 aliphatic rings. The van der Waals surface area contributed by atoms with E-state index in [0.717, 1.165) is 17.6 Å². The molecule has 0 fully saturated rings. The van der Waals surface area contributed by atoms with Crippen LogP contribution in [0.25, 0.3) is 0 Å². The van der Waals surface area contributed by atoms with Gasteiger partial charge in [0.05, 0.1) is 25.7 Å². The molecule has 30 heavy (non-hydrogen) atoms. The van der Waals surface area contributed by atoms with E-state index in [-0.39, 0.29) is 5.91 Å². The molecule has 1 amide bonds. The van der Waals surface area contributed by atoms with Gasteiger partial charge in [0, 0.05) is 13.6 Å². The number of amides is 1. The molecule has 7 nitrogen and oxygen atoms in total. The number of benzene rings is 2. The lowest BCUT2D eigenvalue weighted by Gasteiger charge is -2.33. The highest BCUT2D eigenvalue weighted by Crippen LogP contribution is 2.26. The Morgan fingerprint density at radius 2 is 1.57 bits per heavy atom. The molecule has 0 unspecified atom stereocenters. The number of carbonyl (C=O) groups excluding carboxylic acids is 1. The number of carbonyl (C=O) groups is 1. The van der Waals surface area contributed by atoms with Crippen molar-refractivity contribution in [2.75, 3.05) is 31.3 Å². The Bertz CT molecular complexity index is 927. The molecule has 1 atom stereocenters. The summed E-state index contributed by atoms with van der Waals surface area (Å²) in [4.78, 5) is 14.7. The zero-order valence-electron chi connectivity index (χ0n) is 18.2. The number of hydrogen-bond acceptors (Lipinski definition) is 5. The van der Waals surface area contributed by atoms with Gasteiger partial charge in [-0.1, -0.05) is 19.1 Å². The minimum absolute atomic E-state index is 0.271. The molecular weight excluding hydrogens is 404 g/mol. The minimum atomic E-state index is -3.69. The van der Waals surface area contributed by atoms with Crippen molar-refractivity contribution in [1.29, 1.82) is 0 Å². The summed E-state index contributed by atoms with van der Waals surface area (Å²) < 4.78 is 37.0. The van der Waals surface area contributed by atoms with Crippen molar-refractivity contribution in [2.45, 2.75) is 32.9 Å². The molecular formula is C22H30N2O5S. The van der Waals surface area contributed by atoms with Gasteiger partial charge in [-0.05, 0) is 55.3 Å². The van der Waals surface area contributed by atoms with Gasteiger partial charge in [0.1, 0.15) is 17.5 Å². The molecule has 0 aliphatic carbocycles. The van der Waals surface area contributed by atoms with Crippen LogP contribution in [-0.4, -0.2) is 52.3 Å². The van der Waals surface area contributed by atoms with Crippen LogP contribution in [0.3, 0.4) is 0 Å². The second kappa shape index (κ2) is 10.3. The Morgan fingerprint density at radius 1 is 1.00 bits per heavy atom. The van der Waals surface area contributed by atoms with E-state index < -0.39 is 16.1 Å². The lowest BCUT2D eigenvalue weighted by molar-refractivity contribution is -0.131. The first-order valence-electron chi connectivity index (χ1n) is 9.81. The van der Waals surface area contributed by atoms with Gasteiger partial charge in [-0.25, -0.2) is 8.42 Å². The Hall–Kier alpha value is -2.74. The van der Waals surface area contributed by atoms with Crippen LogP contribution in [0.4, 0.5) is 5.69 Å². The SMILES string of the molecule is CCOc1ccc(N([C@H](CC)C(=O)N(C)Cc2ccc(OC)cc2)S(C)(=O)=O)cc1. The van der Waals surface area contributed by atoms with Crippen molar-refractivity contribution >= 4 is 21.6 Å². The summed E-state index contributed by atoms with van der Waals surface area (Å²) in [6.45, 7) is 4.55. The largest absolute Gasteiger partial charge is 0.497 e. The minimum Gasteiger partial charge on any atom is -0.497 e. The number of likely N-dealkylation sites (N-methyl/N-ethyl adjacent to an activating group) is 1. The van der Waals surface area contributed by atoms with Crippen LogP contribution >= 0.6 is 0 Å². The van der Waals surface area contributed by atoms with Crippen molar-refractivity contribution in [3.63, 3.8) is 0 Å². The maximum Gasteiger partial charge on any atom is 0.246 e. The zero-order chi connectivity index (χ0) is 22.3. The maximum atomic E-state index is 13.2. The number of nitrogens with zero attached hydrogens (tertiary/aromatic N) is 2. The zero-order valence-corrected chi connectivity index (χ0v) is 19.0. The normalized spacial score (nSPS) is 12.2. The Labute approximate surface area is 179 Å². The van der Waals surface area contributed by atoms with E-state index in [2.05, 4.69) is 0 Å². The monoisotopic (exact) mass is 434 g/mol. The standard InChI is InChI=1S/C22H30N2O5S/c1-6-21(22(25)23(3)16-17-8-12-19(28-4)13-9-17)24(30(5,26)27)18-10-14-20(15-11-18)29-7-2/h8-15,21H,6-7,16H2,1-5H3/t21-/m1/s1. The second-order valence-electron chi connectivity index (χ2n) is 6.95. The number of anilines is 1. The fourth-order valence-electron chi connectivity index (χ4n) is 3.24. The molecule has 0 aromatic heterocycles. The molecule has 2 rings (SSSR count). The number of rotatable bonds is 10. The Balaban J connectivity index is 2.27. The molecule has 2 aromatic rings. The van der Waals surface area contributed by atoms with Gasteiger partial charge in [-0.3, -0.25) is 9.10 Å². The molecule has 8 heteroatoms. The Kier molecular flexibility index (Phi) is 8.11. The fraction of sp³-hybridized carbons (Fsp3) is 0.409. The van der Waals surface area contributed by atoms with Crippen molar-refractivity contribution in [2.24, 2.45) is 0 Å². The summed E-state index contributed by atoms with van der Waals surface area (Å²) in [5.74, 6) is 1.11. The third kappa shape index (κ3) is 5.89. The molecule has 164 valence electrons. The average Bonchev–Trinajstić information content (AvgIpc) is 2.72. The van der Waals surface area contributed by atoms with Gasteiger partial charge in [-0.15, -0.1) is 0 Å². The number of hydrogen-bond donors (Lipinski definition) is 0. The Morgan fingerprint density at radius 3 is 2.03 bits per heavy atom. The van der Waals surface area contributed by atoms with Gasteiger partial charge in [-0.2, -0.15) is 0 Å². The van der Waals surface area contributed by atoms with Gasteiger partial charge >= 0.3 is 0 Å². The molecule has 0 spiro atoms. The van der Waals surface area contributed by atoms with Crippen molar-refractivity contribution in [3.8, 4) is 11.5 Å². The topological polar surface area (TPSA) is 76.2 Å². The quantitative estimate of drug-likeness (QED) is 0.574. The maximum absolute atomic E-state index is 13.2. The summed E-state index contributed by atoms with van der Waals surface area (Å²) in [5, 5.41) is 0. The number of ether oxygens (including phenoxy) is 2. The first-order valence-corrected chi connectivity index (χ1v) is 11.7. The predicted octanol–water partition coefficient (Wildman–Crippen LogP) is 3.30. The van der Waals surface area contributed by atoms with E-state index in [0.29, 0.717) is 31.0 Å². The summed E-state index contributed by atoms with van der Waals surface area (Å²) >= 11 is 0. The highest BCUT2D eigenvalue weighted by molar-refractivity contribution is 7.92. The average molecular weight is 435 g/mol. The lowest BCUT2D eigenvalue weighted by Crippen LogP contribution is -2.49. The van der Waals surface area contributed by atoms with Crippen LogP contribution in [0.15, 0.2) is 48.5 Å². The number of sulfonamides is 1. The van der Waals surface area contributed by atoms with E-state index >= 15 is 0 Å². The molecule has 0 saturated carbocycles. The van der Waals surface area contributed by atoms with Gasteiger partial charge in [0.25, 0.3) is 0 Å². The van der Waals surface area contributed by atoms with Crippen LogP contribution in [0, 0.1) is 0 Å². The summed E-state index contributed by atoms with van der Waals surface area (Å²) in [6, 6.07) is 13.3. The molecule has 0 bridgehead atoms.